The number of anilines is 1. The lowest BCUT2D eigenvalue weighted by Gasteiger charge is -2.15. The summed E-state index contributed by atoms with van der Waals surface area (Å²) in [7, 11) is -3.41. The average Bonchev–Trinajstić information content (AvgIpc) is 2.83. The molecule has 1 aliphatic rings. The maximum atomic E-state index is 12.4. The van der Waals surface area contributed by atoms with E-state index in [1.54, 1.807) is 12.1 Å². The fourth-order valence-corrected chi connectivity index (χ4v) is 3.75. The normalized spacial score (nSPS) is 16.0. The fourth-order valence-electron chi connectivity index (χ4n) is 2.42. The highest BCUT2D eigenvalue weighted by atomic mass is 32.2. The maximum absolute atomic E-state index is 12.4. The summed E-state index contributed by atoms with van der Waals surface area (Å²) in [6, 6.07) is 5.28. The van der Waals surface area contributed by atoms with E-state index in [0.29, 0.717) is 10.8 Å². The molecule has 1 unspecified atom stereocenters. The van der Waals surface area contributed by atoms with Crippen LogP contribution in [0.3, 0.4) is 0 Å². The Balaban J connectivity index is 2.06. The van der Waals surface area contributed by atoms with Gasteiger partial charge >= 0.3 is 0 Å². The minimum atomic E-state index is -3.41. The zero-order valence-corrected chi connectivity index (χ0v) is 13.3. The molecule has 1 aromatic carbocycles. The molecule has 0 aliphatic carbocycles. The number of fused-ring (bicyclic) bond motifs is 1. The van der Waals surface area contributed by atoms with E-state index in [0.717, 1.165) is 37.1 Å². The molecule has 0 fully saturated rings. The van der Waals surface area contributed by atoms with Gasteiger partial charge in [0.05, 0.1) is 4.90 Å². The highest BCUT2D eigenvalue weighted by molar-refractivity contribution is 7.89. The Bertz CT molecular complexity index is 567. The third-order valence-corrected chi connectivity index (χ3v) is 5.22. The van der Waals surface area contributed by atoms with Crippen LogP contribution in [0, 0.1) is 5.92 Å². The van der Waals surface area contributed by atoms with Gasteiger partial charge in [-0.3, -0.25) is 0 Å². The molecule has 2 rings (SSSR count). The Morgan fingerprint density at radius 1 is 1.25 bits per heavy atom. The Hall–Kier alpha value is -1.07. The molecule has 2 N–H and O–H groups in total. The van der Waals surface area contributed by atoms with Gasteiger partial charge in [0, 0.05) is 18.3 Å². The van der Waals surface area contributed by atoms with E-state index < -0.39 is 10.0 Å². The highest BCUT2D eigenvalue weighted by Gasteiger charge is 2.20. The predicted octanol–water partition coefficient (Wildman–Crippen LogP) is 2.76. The van der Waals surface area contributed by atoms with E-state index in [1.807, 2.05) is 13.0 Å². The summed E-state index contributed by atoms with van der Waals surface area (Å²) < 4.78 is 27.5. The first-order valence-electron chi connectivity index (χ1n) is 7.27. The van der Waals surface area contributed by atoms with Gasteiger partial charge in [0.15, 0.2) is 0 Å². The van der Waals surface area contributed by atoms with Crippen LogP contribution in [0.15, 0.2) is 23.1 Å². The lowest BCUT2D eigenvalue weighted by atomic mass is 10.1. The van der Waals surface area contributed by atoms with Gasteiger partial charge in [-0.1, -0.05) is 13.8 Å². The van der Waals surface area contributed by atoms with Crippen LogP contribution >= 0.6 is 0 Å². The summed E-state index contributed by atoms with van der Waals surface area (Å²) in [5.41, 5.74) is 2.14. The quantitative estimate of drug-likeness (QED) is 0.848. The van der Waals surface area contributed by atoms with E-state index in [4.69, 9.17) is 0 Å². The van der Waals surface area contributed by atoms with Gasteiger partial charge in [-0.05, 0) is 55.9 Å². The molecule has 1 heterocycles. The van der Waals surface area contributed by atoms with E-state index in [-0.39, 0.29) is 6.04 Å². The van der Waals surface area contributed by atoms with Crippen molar-refractivity contribution in [1.82, 2.24) is 4.72 Å². The fraction of sp³-hybridized carbons (Fsp3) is 0.600. The molecule has 0 aromatic heterocycles. The minimum Gasteiger partial charge on any atom is -0.384 e. The number of sulfonamides is 1. The molecular weight excluding hydrogens is 272 g/mol. The van der Waals surface area contributed by atoms with Crippen LogP contribution in [0.5, 0.6) is 0 Å². The second-order valence-electron chi connectivity index (χ2n) is 5.99. The van der Waals surface area contributed by atoms with Crippen molar-refractivity contribution in [3.05, 3.63) is 23.8 Å². The monoisotopic (exact) mass is 296 g/mol. The molecule has 0 amide bonds. The molecule has 112 valence electrons. The smallest absolute Gasteiger partial charge is 0.240 e. The zero-order valence-electron chi connectivity index (χ0n) is 12.4. The molecule has 1 aromatic rings. The number of hydrogen-bond acceptors (Lipinski definition) is 3. The molecule has 20 heavy (non-hydrogen) atoms. The van der Waals surface area contributed by atoms with Crippen molar-refractivity contribution in [2.45, 2.75) is 51.0 Å². The topological polar surface area (TPSA) is 58.2 Å². The number of benzene rings is 1. The molecular formula is C15H24N2O2S. The van der Waals surface area contributed by atoms with E-state index in [2.05, 4.69) is 23.9 Å². The summed E-state index contributed by atoms with van der Waals surface area (Å²) >= 11 is 0. The Labute approximate surface area is 122 Å². The summed E-state index contributed by atoms with van der Waals surface area (Å²) in [4.78, 5) is 0.372. The lowest BCUT2D eigenvalue weighted by Crippen LogP contribution is -2.32. The van der Waals surface area contributed by atoms with Gasteiger partial charge in [0.25, 0.3) is 0 Å². The standard InChI is InChI=1S/C15H24N2O2S/c1-11(2)4-5-12(3)17-20(18,19)14-6-7-15-13(10-14)8-9-16-15/h6-7,10-12,16-17H,4-5,8-9H2,1-3H3. The second-order valence-corrected chi connectivity index (χ2v) is 7.70. The van der Waals surface area contributed by atoms with Crippen molar-refractivity contribution in [1.29, 1.82) is 0 Å². The van der Waals surface area contributed by atoms with Crippen molar-refractivity contribution < 1.29 is 8.42 Å². The van der Waals surface area contributed by atoms with Crippen LogP contribution in [-0.2, 0) is 16.4 Å². The number of nitrogens with one attached hydrogen (secondary N) is 2. The number of hydrogen-bond donors (Lipinski definition) is 2. The van der Waals surface area contributed by atoms with Crippen LogP contribution < -0.4 is 10.0 Å². The predicted molar refractivity (Wildman–Crippen MR) is 82.5 cm³/mol. The minimum absolute atomic E-state index is 0.0335. The van der Waals surface area contributed by atoms with Gasteiger partial charge in [-0.2, -0.15) is 0 Å². The van der Waals surface area contributed by atoms with Crippen LogP contribution in [0.1, 0.15) is 39.2 Å². The van der Waals surface area contributed by atoms with Gasteiger partial charge in [0.1, 0.15) is 0 Å². The van der Waals surface area contributed by atoms with Gasteiger partial charge in [0.2, 0.25) is 10.0 Å². The molecule has 4 nitrogen and oxygen atoms in total. The summed E-state index contributed by atoms with van der Waals surface area (Å²) in [5, 5.41) is 3.24. The SMILES string of the molecule is CC(C)CCC(C)NS(=O)(=O)c1ccc2c(c1)CCN2. The summed E-state index contributed by atoms with van der Waals surface area (Å²) in [5.74, 6) is 0.591. The van der Waals surface area contributed by atoms with Crippen LogP contribution in [0.2, 0.25) is 0 Å². The van der Waals surface area contributed by atoms with Crippen molar-refractivity contribution in [2.75, 3.05) is 11.9 Å². The number of rotatable bonds is 6. The lowest BCUT2D eigenvalue weighted by molar-refractivity contribution is 0.485. The third-order valence-electron chi connectivity index (χ3n) is 3.63. The van der Waals surface area contributed by atoms with Crippen LogP contribution in [-0.4, -0.2) is 21.0 Å². The summed E-state index contributed by atoms with van der Waals surface area (Å²) in [6.45, 7) is 7.11. The van der Waals surface area contributed by atoms with Gasteiger partial charge in [-0.15, -0.1) is 0 Å². The molecule has 0 bridgehead atoms. The maximum Gasteiger partial charge on any atom is 0.240 e. The Morgan fingerprint density at radius 2 is 2.00 bits per heavy atom. The first-order valence-corrected chi connectivity index (χ1v) is 8.76. The first kappa shape index (κ1) is 15.3. The molecule has 1 aliphatic heterocycles. The van der Waals surface area contributed by atoms with Crippen LogP contribution in [0.4, 0.5) is 5.69 Å². The molecule has 0 spiro atoms. The van der Waals surface area contributed by atoms with E-state index in [9.17, 15) is 8.42 Å². The molecule has 1 atom stereocenters. The highest BCUT2D eigenvalue weighted by Crippen LogP contribution is 2.25. The van der Waals surface area contributed by atoms with E-state index >= 15 is 0 Å². The first-order chi connectivity index (χ1) is 9.38. The Kier molecular flexibility index (Phi) is 4.70. The molecule has 5 heteroatoms. The molecule has 0 saturated heterocycles. The molecule has 0 saturated carbocycles. The summed E-state index contributed by atoms with van der Waals surface area (Å²) in [6.07, 6.45) is 2.78. The van der Waals surface area contributed by atoms with E-state index in [1.165, 1.54) is 0 Å². The average molecular weight is 296 g/mol. The molecule has 0 radical (unpaired) electrons. The van der Waals surface area contributed by atoms with Crippen molar-refractivity contribution in [2.24, 2.45) is 5.92 Å². The third kappa shape index (κ3) is 3.73. The largest absolute Gasteiger partial charge is 0.384 e. The Morgan fingerprint density at radius 3 is 2.70 bits per heavy atom. The van der Waals surface area contributed by atoms with Crippen molar-refractivity contribution >= 4 is 15.7 Å². The van der Waals surface area contributed by atoms with Crippen molar-refractivity contribution in [3.63, 3.8) is 0 Å². The zero-order chi connectivity index (χ0) is 14.8. The van der Waals surface area contributed by atoms with Crippen LogP contribution in [0.25, 0.3) is 0 Å². The van der Waals surface area contributed by atoms with Crippen molar-refractivity contribution in [3.8, 4) is 0 Å². The van der Waals surface area contributed by atoms with Gasteiger partial charge < -0.3 is 5.32 Å². The second kappa shape index (κ2) is 6.14. The van der Waals surface area contributed by atoms with Gasteiger partial charge in [-0.25, -0.2) is 13.1 Å².